The molecule has 0 bridgehead atoms. The van der Waals surface area contributed by atoms with Gasteiger partial charge in [-0.15, -0.1) is 0 Å². The molecule has 0 aromatic carbocycles. The summed E-state index contributed by atoms with van der Waals surface area (Å²) in [6, 6.07) is 1.59. The van der Waals surface area contributed by atoms with E-state index >= 15 is 0 Å². The number of likely N-dealkylation sites (N-methyl/N-ethyl adjacent to an activating group) is 1. The SMILES string of the molecule is CC1CCNCC1N(C)C1CCC(C)(C)CC1. The lowest BCUT2D eigenvalue weighted by atomic mass is 9.75. The highest BCUT2D eigenvalue weighted by Gasteiger charge is 2.33. The summed E-state index contributed by atoms with van der Waals surface area (Å²) in [6.45, 7) is 9.68. The van der Waals surface area contributed by atoms with E-state index in [1.807, 2.05) is 0 Å². The van der Waals surface area contributed by atoms with Crippen LogP contribution in [-0.2, 0) is 0 Å². The predicted molar refractivity (Wildman–Crippen MR) is 74.2 cm³/mol. The summed E-state index contributed by atoms with van der Waals surface area (Å²) in [5, 5.41) is 3.56. The third kappa shape index (κ3) is 3.23. The summed E-state index contributed by atoms with van der Waals surface area (Å²) in [7, 11) is 2.36. The molecule has 0 aromatic rings. The van der Waals surface area contributed by atoms with E-state index in [-0.39, 0.29) is 0 Å². The molecule has 2 unspecified atom stereocenters. The third-order valence-corrected chi connectivity index (χ3v) is 5.19. The molecule has 2 atom stereocenters. The van der Waals surface area contributed by atoms with Crippen molar-refractivity contribution in [3.8, 4) is 0 Å². The molecule has 17 heavy (non-hydrogen) atoms. The van der Waals surface area contributed by atoms with E-state index in [0.717, 1.165) is 18.0 Å². The van der Waals surface area contributed by atoms with Crippen molar-refractivity contribution >= 4 is 0 Å². The fourth-order valence-electron chi connectivity index (χ4n) is 3.58. The van der Waals surface area contributed by atoms with Crippen LogP contribution in [-0.4, -0.2) is 37.1 Å². The second-order valence-electron chi connectivity index (χ2n) is 7.10. The zero-order valence-corrected chi connectivity index (χ0v) is 12.1. The maximum absolute atomic E-state index is 3.56. The van der Waals surface area contributed by atoms with Gasteiger partial charge < -0.3 is 5.32 Å². The van der Waals surface area contributed by atoms with Crippen molar-refractivity contribution in [3.63, 3.8) is 0 Å². The highest BCUT2D eigenvalue weighted by atomic mass is 15.2. The van der Waals surface area contributed by atoms with Crippen LogP contribution in [0.5, 0.6) is 0 Å². The maximum Gasteiger partial charge on any atom is 0.0246 e. The molecule has 1 N–H and O–H groups in total. The summed E-state index contributed by atoms with van der Waals surface area (Å²) in [5.41, 5.74) is 0.591. The first-order valence-electron chi connectivity index (χ1n) is 7.42. The lowest BCUT2D eigenvalue weighted by molar-refractivity contribution is 0.0610. The lowest BCUT2D eigenvalue weighted by Crippen LogP contribution is -2.53. The van der Waals surface area contributed by atoms with E-state index in [0.29, 0.717) is 5.41 Å². The Bertz CT molecular complexity index is 239. The fourth-order valence-corrected chi connectivity index (χ4v) is 3.58. The van der Waals surface area contributed by atoms with Crippen molar-refractivity contribution in [2.75, 3.05) is 20.1 Å². The molecule has 0 radical (unpaired) electrons. The molecule has 0 amide bonds. The van der Waals surface area contributed by atoms with E-state index in [4.69, 9.17) is 0 Å². The monoisotopic (exact) mass is 238 g/mol. The molecule has 2 rings (SSSR count). The Kier molecular flexibility index (Phi) is 4.14. The molecule has 2 nitrogen and oxygen atoms in total. The van der Waals surface area contributed by atoms with Gasteiger partial charge in [-0.2, -0.15) is 0 Å². The summed E-state index contributed by atoms with van der Waals surface area (Å²) in [4.78, 5) is 2.69. The van der Waals surface area contributed by atoms with Gasteiger partial charge in [0, 0.05) is 18.6 Å². The van der Waals surface area contributed by atoms with Crippen molar-refractivity contribution in [1.82, 2.24) is 10.2 Å². The van der Waals surface area contributed by atoms with E-state index < -0.39 is 0 Å². The molecule has 2 aliphatic rings. The highest BCUT2D eigenvalue weighted by molar-refractivity contribution is 4.89. The zero-order valence-electron chi connectivity index (χ0n) is 12.1. The minimum atomic E-state index is 0.591. The maximum atomic E-state index is 3.56. The van der Waals surface area contributed by atoms with Gasteiger partial charge in [0.1, 0.15) is 0 Å². The number of piperidine rings is 1. The predicted octanol–water partition coefficient (Wildman–Crippen LogP) is 2.89. The molecule has 2 heteroatoms. The molecule has 100 valence electrons. The van der Waals surface area contributed by atoms with Crippen molar-refractivity contribution < 1.29 is 0 Å². The topological polar surface area (TPSA) is 15.3 Å². The minimum Gasteiger partial charge on any atom is -0.315 e. The first-order valence-corrected chi connectivity index (χ1v) is 7.42. The van der Waals surface area contributed by atoms with Crippen molar-refractivity contribution in [1.29, 1.82) is 0 Å². The van der Waals surface area contributed by atoms with Crippen molar-refractivity contribution in [2.45, 2.75) is 65.0 Å². The van der Waals surface area contributed by atoms with Gasteiger partial charge in [0.05, 0.1) is 0 Å². The van der Waals surface area contributed by atoms with E-state index in [2.05, 4.69) is 38.0 Å². The number of nitrogens with zero attached hydrogens (tertiary/aromatic N) is 1. The van der Waals surface area contributed by atoms with Crippen LogP contribution in [0.15, 0.2) is 0 Å². The average molecular weight is 238 g/mol. The van der Waals surface area contributed by atoms with E-state index in [1.165, 1.54) is 45.2 Å². The summed E-state index contributed by atoms with van der Waals surface area (Å²) < 4.78 is 0. The van der Waals surface area contributed by atoms with Crippen molar-refractivity contribution in [2.24, 2.45) is 11.3 Å². The first-order chi connectivity index (χ1) is 7.99. The molecule has 2 fully saturated rings. The molecule has 1 saturated heterocycles. The highest BCUT2D eigenvalue weighted by Crippen LogP contribution is 2.37. The quantitative estimate of drug-likeness (QED) is 0.796. The van der Waals surface area contributed by atoms with Gasteiger partial charge in [-0.05, 0) is 57.0 Å². The number of rotatable bonds is 2. The average Bonchev–Trinajstić information content (AvgIpc) is 2.29. The normalized spacial score (nSPS) is 35.1. The Morgan fingerprint density at radius 1 is 1.12 bits per heavy atom. The number of hydrogen-bond donors (Lipinski definition) is 1. The Hall–Kier alpha value is -0.0800. The van der Waals surface area contributed by atoms with E-state index in [1.54, 1.807) is 0 Å². The van der Waals surface area contributed by atoms with Crippen LogP contribution in [0.25, 0.3) is 0 Å². The summed E-state index contributed by atoms with van der Waals surface area (Å²) in [6.07, 6.45) is 6.93. The first kappa shape index (κ1) is 13.4. The molecule has 1 aliphatic heterocycles. The second-order valence-corrected chi connectivity index (χ2v) is 7.10. The van der Waals surface area contributed by atoms with Crippen LogP contribution in [0.3, 0.4) is 0 Å². The largest absolute Gasteiger partial charge is 0.315 e. The number of hydrogen-bond acceptors (Lipinski definition) is 2. The van der Waals surface area contributed by atoms with Gasteiger partial charge in [0.15, 0.2) is 0 Å². The standard InChI is InChI=1S/C15H30N2/c1-12-7-10-16-11-14(12)17(4)13-5-8-15(2,3)9-6-13/h12-14,16H,5-11H2,1-4H3. The Balaban J connectivity index is 1.89. The van der Waals surface area contributed by atoms with Crippen LogP contribution in [0, 0.1) is 11.3 Å². The van der Waals surface area contributed by atoms with Gasteiger partial charge in [-0.25, -0.2) is 0 Å². The smallest absolute Gasteiger partial charge is 0.0246 e. The molecule has 0 spiro atoms. The third-order valence-electron chi connectivity index (χ3n) is 5.19. The van der Waals surface area contributed by atoms with Crippen LogP contribution >= 0.6 is 0 Å². The molecule has 1 saturated carbocycles. The molecule has 1 aliphatic carbocycles. The van der Waals surface area contributed by atoms with Gasteiger partial charge in [0.2, 0.25) is 0 Å². The van der Waals surface area contributed by atoms with Crippen LogP contribution in [0.2, 0.25) is 0 Å². The minimum absolute atomic E-state index is 0.591. The van der Waals surface area contributed by atoms with Gasteiger partial charge >= 0.3 is 0 Å². The van der Waals surface area contributed by atoms with Gasteiger partial charge in [-0.1, -0.05) is 20.8 Å². The molecule has 0 aromatic heterocycles. The lowest BCUT2D eigenvalue weighted by Gasteiger charge is -2.45. The van der Waals surface area contributed by atoms with Gasteiger partial charge in [-0.3, -0.25) is 4.90 Å². The Morgan fingerprint density at radius 3 is 2.35 bits per heavy atom. The Labute approximate surface area is 107 Å². The summed E-state index contributed by atoms with van der Waals surface area (Å²) in [5.74, 6) is 0.858. The van der Waals surface area contributed by atoms with Crippen LogP contribution < -0.4 is 5.32 Å². The fraction of sp³-hybridized carbons (Fsp3) is 1.00. The second kappa shape index (κ2) is 5.27. The zero-order chi connectivity index (χ0) is 12.5. The summed E-state index contributed by atoms with van der Waals surface area (Å²) >= 11 is 0. The molecular weight excluding hydrogens is 208 g/mol. The van der Waals surface area contributed by atoms with Gasteiger partial charge in [0.25, 0.3) is 0 Å². The van der Waals surface area contributed by atoms with Crippen LogP contribution in [0.1, 0.15) is 52.9 Å². The van der Waals surface area contributed by atoms with E-state index in [9.17, 15) is 0 Å². The molecular formula is C15H30N2. The molecule has 1 heterocycles. The van der Waals surface area contributed by atoms with Crippen molar-refractivity contribution in [3.05, 3.63) is 0 Å². The number of nitrogens with one attached hydrogen (secondary N) is 1. The van der Waals surface area contributed by atoms with Crippen LogP contribution in [0.4, 0.5) is 0 Å². The Morgan fingerprint density at radius 2 is 1.76 bits per heavy atom.